The van der Waals surface area contributed by atoms with Crippen molar-refractivity contribution in [2.24, 2.45) is 0 Å². The Balaban J connectivity index is 1.87. The summed E-state index contributed by atoms with van der Waals surface area (Å²) in [5.41, 5.74) is 0.143. The highest BCUT2D eigenvalue weighted by molar-refractivity contribution is 6.37. The van der Waals surface area contributed by atoms with Crippen molar-refractivity contribution >= 4 is 58.3 Å². The molecular weight excluding hydrogens is 518 g/mol. The average Bonchev–Trinajstić information content (AvgIpc) is 3.09. The van der Waals surface area contributed by atoms with E-state index in [1.807, 2.05) is 0 Å². The van der Waals surface area contributed by atoms with Crippen molar-refractivity contribution in [1.29, 1.82) is 0 Å². The van der Waals surface area contributed by atoms with Crippen LogP contribution in [0.1, 0.15) is 47.9 Å². The third-order valence-electron chi connectivity index (χ3n) is 5.47. The van der Waals surface area contributed by atoms with Crippen LogP contribution in [0.15, 0.2) is 66.7 Å². The summed E-state index contributed by atoms with van der Waals surface area (Å²) < 4.78 is 13.5. The third-order valence-corrected chi connectivity index (χ3v) is 6.23. The van der Waals surface area contributed by atoms with Crippen molar-refractivity contribution in [3.63, 3.8) is 0 Å². The molecular formula is C25H16Cl3FN2O4. The molecule has 0 aromatic heterocycles. The Morgan fingerprint density at radius 1 is 0.914 bits per heavy atom. The average molecular weight is 534 g/mol. The van der Waals surface area contributed by atoms with Gasteiger partial charge in [-0.05, 0) is 61.0 Å². The summed E-state index contributed by atoms with van der Waals surface area (Å²) in [5.74, 6) is -3.73. The minimum Gasteiger partial charge on any atom is -0.292 e. The molecule has 3 aromatic rings. The number of halogens is 4. The molecule has 0 radical (unpaired) electrons. The van der Waals surface area contributed by atoms with Crippen LogP contribution in [0.3, 0.4) is 0 Å². The standard InChI is InChI=1S/C25H16Cl3FN2O4/c26-12-11-21(22(32)14-5-8-16(29)9-6-14)30(25(35)19-10-7-15(27)13-20(19)28)31-23(33)17-3-1-2-4-18(17)24(31)34/h1-10,13,21H,11-12H2/t21-/m1/s1. The summed E-state index contributed by atoms with van der Waals surface area (Å²) in [5, 5.41) is 1.64. The summed E-state index contributed by atoms with van der Waals surface area (Å²) in [7, 11) is 0. The maximum absolute atomic E-state index is 13.8. The van der Waals surface area contributed by atoms with E-state index in [2.05, 4.69) is 0 Å². The molecule has 0 fully saturated rings. The first-order chi connectivity index (χ1) is 16.7. The second-order valence-electron chi connectivity index (χ2n) is 7.61. The highest BCUT2D eigenvalue weighted by atomic mass is 35.5. The molecule has 4 rings (SSSR count). The Morgan fingerprint density at radius 2 is 1.51 bits per heavy atom. The third kappa shape index (κ3) is 4.67. The zero-order valence-electron chi connectivity index (χ0n) is 17.9. The lowest BCUT2D eigenvalue weighted by atomic mass is 10.0. The van der Waals surface area contributed by atoms with Gasteiger partial charge in [0.25, 0.3) is 17.7 Å². The minimum absolute atomic E-state index is 0.0389. The molecule has 1 aliphatic rings. The van der Waals surface area contributed by atoms with E-state index in [1.165, 1.54) is 42.5 Å². The zero-order chi connectivity index (χ0) is 25.3. The summed E-state index contributed by atoms with van der Waals surface area (Å²) >= 11 is 18.2. The lowest BCUT2D eigenvalue weighted by Crippen LogP contribution is -2.57. The number of rotatable bonds is 7. The van der Waals surface area contributed by atoms with Crippen molar-refractivity contribution in [2.75, 3.05) is 5.88 Å². The number of carbonyl (C=O) groups is 4. The first-order valence-corrected chi connectivity index (χ1v) is 11.7. The zero-order valence-corrected chi connectivity index (χ0v) is 20.1. The number of imide groups is 1. The SMILES string of the molecule is O=C(c1ccc(F)cc1)[C@@H](CCCl)N(C(=O)c1ccc(Cl)cc1Cl)N1C(=O)c2ccccc2C1=O. The molecule has 3 aromatic carbocycles. The van der Waals surface area contributed by atoms with E-state index in [-0.39, 0.29) is 44.6 Å². The van der Waals surface area contributed by atoms with E-state index in [4.69, 9.17) is 34.8 Å². The number of amides is 3. The van der Waals surface area contributed by atoms with E-state index >= 15 is 0 Å². The lowest BCUT2D eigenvalue weighted by Gasteiger charge is -2.36. The van der Waals surface area contributed by atoms with Gasteiger partial charge in [0, 0.05) is 16.5 Å². The van der Waals surface area contributed by atoms with Crippen LogP contribution in [0.5, 0.6) is 0 Å². The van der Waals surface area contributed by atoms with Gasteiger partial charge in [0.15, 0.2) is 5.78 Å². The summed E-state index contributed by atoms with van der Waals surface area (Å²) in [6, 6.07) is 13.4. The summed E-state index contributed by atoms with van der Waals surface area (Å²) in [6.45, 7) is 0. The van der Waals surface area contributed by atoms with Crippen LogP contribution < -0.4 is 0 Å². The normalized spacial score (nSPS) is 13.5. The van der Waals surface area contributed by atoms with Gasteiger partial charge in [0.2, 0.25) is 0 Å². The van der Waals surface area contributed by atoms with Gasteiger partial charge in [-0.1, -0.05) is 35.3 Å². The first-order valence-electron chi connectivity index (χ1n) is 10.4. The maximum Gasteiger partial charge on any atom is 0.280 e. The molecule has 0 spiro atoms. The number of fused-ring (bicyclic) bond motifs is 1. The van der Waals surface area contributed by atoms with Crippen molar-refractivity contribution in [1.82, 2.24) is 10.0 Å². The van der Waals surface area contributed by atoms with Gasteiger partial charge in [-0.3, -0.25) is 19.2 Å². The Morgan fingerprint density at radius 3 is 2.06 bits per heavy atom. The van der Waals surface area contributed by atoms with Gasteiger partial charge in [-0.25, -0.2) is 9.40 Å². The second-order valence-corrected chi connectivity index (χ2v) is 8.83. The topological polar surface area (TPSA) is 74.8 Å². The van der Waals surface area contributed by atoms with Crippen LogP contribution in [0.25, 0.3) is 0 Å². The number of nitrogens with zero attached hydrogens (tertiary/aromatic N) is 2. The van der Waals surface area contributed by atoms with E-state index in [0.717, 1.165) is 17.1 Å². The molecule has 178 valence electrons. The van der Waals surface area contributed by atoms with Crippen LogP contribution in [0, 0.1) is 5.82 Å². The molecule has 35 heavy (non-hydrogen) atoms. The molecule has 1 atom stereocenters. The fourth-order valence-electron chi connectivity index (χ4n) is 3.80. The number of ketones is 1. The summed E-state index contributed by atoms with van der Waals surface area (Å²) in [6.07, 6.45) is -0.109. The molecule has 0 unspecified atom stereocenters. The number of carbonyl (C=O) groups excluding carboxylic acids is 4. The molecule has 0 N–H and O–H groups in total. The number of benzene rings is 3. The Bertz CT molecular complexity index is 1310. The Kier molecular flexibility index (Phi) is 7.21. The minimum atomic E-state index is -1.38. The van der Waals surface area contributed by atoms with E-state index in [0.29, 0.717) is 5.01 Å². The Labute approximate surface area is 214 Å². The van der Waals surface area contributed by atoms with Gasteiger partial charge >= 0.3 is 0 Å². The molecule has 0 saturated heterocycles. The van der Waals surface area contributed by atoms with Crippen molar-refractivity contribution in [2.45, 2.75) is 12.5 Å². The predicted octanol–water partition coefficient (Wildman–Crippen LogP) is 5.67. The molecule has 0 bridgehead atoms. The van der Waals surface area contributed by atoms with Crippen LogP contribution in [-0.2, 0) is 0 Å². The van der Waals surface area contributed by atoms with Crippen LogP contribution >= 0.6 is 34.8 Å². The first kappa shape index (κ1) is 24.9. The van der Waals surface area contributed by atoms with Crippen molar-refractivity contribution in [3.05, 3.63) is 105 Å². The van der Waals surface area contributed by atoms with Gasteiger partial charge in [-0.2, -0.15) is 5.01 Å². The molecule has 1 heterocycles. The quantitative estimate of drug-likeness (QED) is 0.223. The van der Waals surface area contributed by atoms with Crippen LogP contribution in [0.2, 0.25) is 10.0 Å². The number of hydrogen-bond acceptors (Lipinski definition) is 4. The molecule has 6 nitrogen and oxygen atoms in total. The van der Waals surface area contributed by atoms with Gasteiger partial charge in [0.05, 0.1) is 21.7 Å². The largest absolute Gasteiger partial charge is 0.292 e. The Hall–Kier alpha value is -3.26. The highest BCUT2D eigenvalue weighted by Gasteiger charge is 2.46. The summed E-state index contributed by atoms with van der Waals surface area (Å²) in [4.78, 5) is 53.9. The van der Waals surface area contributed by atoms with Gasteiger partial charge in [0.1, 0.15) is 11.9 Å². The van der Waals surface area contributed by atoms with Gasteiger partial charge < -0.3 is 0 Å². The number of Topliss-reactive ketones (excluding diaryl/α,β-unsaturated/α-hetero) is 1. The van der Waals surface area contributed by atoms with Crippen molar-refractivity contribution in [3.8, 4) is 0 Å². The van der Waals surface area contributed by atoms with Gasteiger partial charge in [-0.15, -0.1) is 11.6 Å². The molecule has 0 aliphatic carbocycles. The van der Waals surface area contributed by atoms with E-state index < -0.39 is 35.4 Å². The highest BCUT2D eigenvalue weighted by Crippen LogP contribution is 2.31. The monoisotopic (exact) mass is 532 g/mol. The van der Waals surface area contributed by atoms with Crippen LogP contribution in [0.4, 0.5) is 4.39 Å². The molecule has 1 aliphatic heterocycles. The maximum atomic E-state index is 13.8. The predicted molar refractivity (Wildman–Crippen MR) is 129 cm³/mol. The molecule has 0 saturated carbocycles. The van der Waals surface area contributed by atoms with E-state index in [9.17, 15) is 23.6 Å². The fraction of sp³-hybridized carbons (Fsp3) is 0.120. The van der Waals surface area contributed by atoms with Crippen LogP contribution in [-0.4, -0.2) is 45.4 Å². The smallest absolute Gasteiger partial charge is 0.280 e. The van der Waals surface area contributed by atoms with Crippen molar-refractivity contribution < 1.29 is 23.6 Å². The van der Waals surface area contributed by atoms with E-state index in [1.54, 1.807) is 12.1 Å². The second kappa shape index (κ2) is 10.2. The lowest BCUT2D eigenvalue weighted by molar-refractivity contribution is -0.00960. The number of hydrogen-bond donors (Lipinski definition) is 0. The number of alkyl halides is 1. The molecule has 10 heteroatoms. The number of hydrazine groups is 1. The molecule has 3 amide bonds. The fourth-order valence-corrected chi connectivity index (χ4v) is 4.50.